The zero-order valence-electron chi connectivity index (χ0n) is 24.1. The van der Waals surface area contributed by atoms with E-state index >= 15 is 0 Å². The Morgan fingerprint density at radius 3 is 2.18 bits per heavy atom. The smallest absolute Gasteiger partial charge is 0.408 e. The van der Waals surface area contributed by atoms with E-state index in [1.165, 1.54) is 4.90 Å². The van der Waals surface area contributed by atoms with Crippen molar-refractivity contribution in [2.75, 3.05) is 26.3 Å². The van der Waals surface area contributed by atoms with Gasteiger partial charge in [0, 0.05) is 13.1 Å². The first kappa shape index (κ1) is 32.9. The van der Waals surface area contributed by atoms with Crippen LogP contribution in [0, 0.1) is 19.8 Å². The highest BCUT2D eigenvalue weighted by atomic mass is 16.6. The van der Waals surface area contributed by atoms with Crippen molar-refractivity contribution in [2.24, 2.45) is 5.92 Å². The summed E-state index contributed by atoms with van der Waals surface area (Å²) in [5, 5.41) is 15.4. The van der Waals surface area contributed by atoms with E-state index in [-0.39, 0.29) is 32.0 Å². The normalized spacial score (nSPS) is 13.6. The van der Waals surface area contributed by atoms with Gasteiger partial charge in [0.25, 0.3) is 0 Å². The van der Waals surface area contributed by atoms with Gasteiger partial charge in [0.15, 0.2) is 0 Å². The molecule has 1 aromatic carbocycles. The van der Waals surface area contributed by atoms with Crippen molar-refractivity contribution in [2.45, 2.75) is 85.9 Å². The van der Waals surface area contributed by atoms with E-state index in [0.717, 1.165) is 11.1 Å². The minimum atomic E-state index is -1.11. The molecule has 3 N–H and O–H groups in total. The Morgan fingerprint density at radius 2 is 1.68 bits per heavy atom. The molecular formula is C28H45N3O7. The molecule has 38 heavy (non-hydrogen) atoms. The van der Waals surface area contributed by atoms with Crippen LogP contribution in [0.3, 0.4) is 0 Å². The van der Waals surface area contributed by atoms with Crippen LogP contribution < -0.4 is 10.6 Å². The zero-order chi connectivity index (χ0) is 29.0. The summed E-state index contributed by atoms with van der Waals surface area (Å²) in [4.78, 5) is 53.4. The third kappa shape index (κ3) is 9.96. The standard InChI is InChI=1S/C28H45N3O7/c1-9-18(3)23(30-27(36)38-28(6,7)8)26(35)31(16-17-32)24(22-19(4)12-11-13-20(22)5)25(34)29-15-14-21(33)37-10-2/h11-13,18,23-24,32H,9-10,14-17H2,1-8H3,(H,29,34)(H,30,36). The van der Waals surface area contributed by atoms with Crippen molar-refractivity contribution in [3.05, 3.63) is 34.9 Å². The number of rotatable bonds is 13. The number of ether oxygens (including phenoxy) is 2. The Hall–Kier alpha value is -3.14. The molecule has 0 saturated heterocycles. The number of hydrogen-bond acceptors (Lipinski definition) is 7. The summed E-state index contributed by atoms with van der Waals surface area (Å²) >= 11 is 0. The van der Waals surface area contributed by atoms with Gasteiger partial charge in [-0.15, -0.1) is 0 Å². The Labute approximate surface area is 226 Å². The number of benzene rings is 1. The van der Waals surface area contributed by atoms with Crippen molar-refractivity contribution < 1.29 is 33.8 Å². The number of aliphatic hydroxyl groups excluding tert-OH is 1. The topological polar surface area (TPSA) is 134 Å². The van der Waals surface area contributed by atoms with Gasteiger partial charge in [-0.25, -0.2) is 4.79 Å². The second kappa shape index (κ2) is 15.3. The van der Waals surface area contributed by atoms with Crippen LogP contribution in [0.15, 0.2) is 18.2 Å². The molecule has 10 heteroatoms. The van der Waals surface area contributed by atoms with E-state index in [2.05, 4.69) is 10.6 Å². The van der Waals surface area contributed by atoms with Gasteiger partial charge in [-0.2, -0.15) is 0 Å². The van der Waals surface area contributed by atoms with Gasteiger partial charge in [0.1, 0.15) is 17.7 Å². The highest BCUT2D eigenvalue weighted by Crippen LogP contribution is 2.29. The molecule has 0 aliphatic carbocycles. The molecule has 0 spiro atoms. The predicted molar refractivity (Wildman–Crippen MR) is 144 cm³/mol. The molecule has 0 saturated carbocycles. The van der Waals surface area contributed by atoms with Crippen LogP contribution in [-0.4, -0.2) is 71.8 Å². The monoisotopic (exact) mass is 535 g/mol. The van der Waals surface area contributed by atoms with Crippen LogP contribution in [0.2, 0.25) is 0 Å². The molecule has 0 aliphatic heterocycles. The van der Waals surface area contributed by atoms with E-state index in [1.807, 2.05) is 45.9 Å². The third-order valence-corrected chi connectivity index (χ3v) is 6.08. The number of alkyl carbamates (subject to hydrolysis) is 1. The lowest BCUT2D eigenvalue weighted by Gasteiger charge is -2.36. The highest BCUT2D eigenvalue weighted by molar-refractivity contribution is 5.93. The molecule has 10 nitrogen and oxygen atoms in total. The number of nitrogens with zero attached hydrogens (tertiary/aromatic N) is 1. The minimum absolute atomic E-state index is 0.0190. The first-order valence-electron chi connectivity index (χ1n) is 13.2. The van der Waals surface area contributed by atoms with Gasteiger partial charge in [0.05, 0.1) is 19.6 Å². The van der Waals surface area contributed by atoms with E-state index in [9.17, 15) is 24.3 Å². The fraction of sp³-hybridized carbons (Fsp3) is 0.643. The summed E-state index contributed by atoms with van der Waals surface area (Å²) < 4.78 is 10.3. The molecule has 0 aromatic heterocycles. The van der Waals surface area contributed by atoms with Crippen molar-refractivity contribution in [1.82, 2.24) is 15.5 Å². The number of aryl methyl sites for hydroxylation is 2. The Kier molecular flexibility index (Phi) is 13.3. The lowest BCUT2D eigenvalue weighted by Crippen LogP contribution is -2.56. The van der Waals surface area contributed by atoms with Crippen LogP contribution >= 0.6 is 0 Å². The average molecular weight is 536 g/mol. The van der Waals surface area contributed by atoms with Crippen molar-refractivity contribution in [3.8, 4) is 0 Å². The van der Waals surface area contributed by atoms with Gasteiger partial charge in [0.2, 0.25) is 11.8 Å². The van der Waals surface area contributed by atoms with Crippen LogP contribution in [0.25, 0.3) is 0 Å². The first-order chi connectivity index (χ1) is 17.8. The SMILES string of the molecule is CCOC(=O)CCNC(=O)C(c1c(C)cccc1C)N(CCO)C(=O)C(NC(=O)OC(C)(C)C)C(C)CC. The van der Waals surface area contributed by atoms with Crippen LogP contribution in [0.4, 0.5) is 4.79 Å². The van der Waals surface area contributed by atoms with Crippen LogP contribution in [-0.2, 0) is 23.9 Å². The summed E-state index contributed by atoms with van der Waals surface area (Å²) in [6.45, 7) is 14.0. The average Bonchev–Trinajstić information content (AvgIpc) is 2.82. The van der Waals surface area contributed by atoms with Crippen LogP contribution in [0.5, 0.6) is 0 Å². The first-order valence-corrected chi connectivity index (χ1v) is 13.2. The maximum Gasteiger partial charge on any atom is 0.408 e. The number of carbonyl (C=O) groups excluding carboxylic acids is 4. The van der Waals surface area contributed by atoms with Crippen molar-refractivity contribution >= 4 is 23.9 Å². The number of amides is 3. The second-order valence-electron chi connectivity index (χ2n) is 10.3. The lowest BCUT2D eigenvalue weighted by atomic mass is 9.92. The number of hydrogen-bond donors (Lipinski definition) is 3. The third-order valence-electron chi connectivity index (χ3n) is 6.08. The summed E-state index contributed by atoms with van der Waals surface area (Å²) in [7, 11) is 0. The number of nitrogens with one attached hydrogen (secondary N) is 2. The summed E-state index contributed by atoms with van der Waals surface area (Å²) in [6, 6.07) is 3.43. The largest absolute Gasteiger partial charge is 0.466 e. The van der Waals surface area contributed by atoms with Crippen LogP contribution in [0.1, 0.15) is 77.1 Å². The number of carbonyl (C=O) groups is 4. The molecule has 1 rings (SSSR count). The Bertz CT molecular complexity index is 938. The molecule has 3 unspecified atom stereocenters. The fourth-order valence-corrected chi connectivity index (χ4v) is 4.08. The summed E-state index contributed by atoms with van der Waals surface area (Å²) in [5.41, 5.74) is 1.42. The molecule has 1 aromatic rings. The summed E-state index contributed by atoms with van der Waals surface area (Å²) in [6.07, 6.45) is -0.204. The molecular weight excluding hydrogens is 490 g/mol. The second-order valence-corrected chi connectivity index (χ2v) is 10.3. The minimum Gasteiger partial charge on any atom is -0.466 e. The molecule has 0 fully saturated rings. The van der Waals surface area contributed by atoms with Gasteiger partial charge in [-0.3, -0.25) is 14.4 Å². The molecule has 3 atom stereocenters. The van der Waals surface area contributed by atoms with Gasteiger partial charge in [-0.05, 0) is 64.2 Å². The fourth-order valence-electron chi connectivity index (χ4n) is 4.08. The van der Waals surface area contributed by atoms with Crippen molar-refractivity contribution in [3.63, 3.8) is 0 Å². The summed E-state index contributed by atoms with van der Waals surface area (Å²) in [5.74, 6) is -1.76. The van der Waals surface area contributed by atoms with E-state index in [1.54, 1.807) is 27.7 Å². The van der Waals surface area contributed by atoms with Gasteiger partial charge in [-0.1, -0.05) is 38.5 Å². The molecule has 3 amide bonds. The van der Waals surface area contributed by atoms with E-state index < -0.39 is 48.2 Å². The lowest BCUT2D eigenvalue weighted by molar-refractivity contribution is -0.145. The zero-order valence-corrected chi connectivity index (χ0v) is 24.1. The molecule has 0 aliphatic rings. The predicted octanol–water partition coefficient (Wildman–Crippen LogP) is 3.17. The highest BCUT2D eigenvalue weighted by Gasteiger charge is 2.38. The number of esters is 1. The molecule has 214 valence electrons. The molecule has 0 radical (unpaired) electrons. The van der Waals surface area contributed by atoms with E-state index in [0.29, 0.717) is 12.0 Å². The van der Waals surface area contributed by atoms with Gasteiger partial charge < -0.3 is 30.1 Å². The van der Waals surface area contributed by atoms with E-state index in [4.69, 9.17) is 9.47 Å². The van der Waals surface area contributed by atoms with Crippen molar-refractivity contribution in [1.29, 1.82) is 0 Å². The van der Waals surface area contributed by atoms with Gasteiger partial charge >= 0.3 is 12.1 Å². The maximum absolute atomic E-state index is 14.0. The maximum atomic E-state index is 14.0. The quantitative estimate of drug-likeness (QED) is 0.330. The molecule has 0 heterocycles. The molecule has 0 bridgehead atoms. The number of aliphatic hydroxyl groups is 1. The Morgan fingerprint density at radius 1 is 1.08 bits per heavy atom. The Balaban J connectivity index is 3.48.